The van der Waals surface area contributed by atoms with Crippen molar-refractivity contribution in [3.05, 3.63) is 59.7 Å². The topological polar surface area (TPSA) is 46.1 Å². The van der Waals surface area contributed by atoms with E-state index in [1.165, 1.54) is 11.3 Å². The Hall–Kier alpha value is -2.24. The van der Waals surface area contributed by atoms with Crippen molar-refractivity contribution in [2.45, 2.75) is 0 Å². The highest BCUT2D eigenvalue weighted by molar-refractivity contribution is 7.17. The highest BCUT2D eigenvalue weighted by Gasteiger charge is 2.21. The van der Waals surface area contributed by atoms with Crippen molar-refractivity contribution in [1.82, 2.24) is 14.9 Å². The lowest BCUT2D eigenvalue weighted by molar-refractivity contribution is 0.0832. The molecule has 3 aromatic rings. The number of pyridine rings is 1. The number of carbonyl (C=O) groups is 1. The fraction of sp³-hybridized carbons (Fsp3) is 0.118. The quantitative estimate of drug-likeness (QED) is 0.721. The molecule has 0 N–H and O–H groups in total. The Morgan fingerprint density at radius 2 is 1.74 bits per heavy atom. The third kappa shape index (κ3) is 3.57. The van der Waals surface area contributed by atoms with Crippen LogP contribution in [0.2, 0.25) is 0 Å². The van der Waals surface area contributed by atoms with Crippen molar-refractivity contribution in [3.8, 4) is 21.8 Å². The smallest absolute Gasteiger partial charge is 0.265 e. The Kier molecular flexibility index (Phi) is 5.47. The molecule has 0 aliphatic heterocycles. The molecule has 1 amide bonds. The van der Waals surface area contributed by atoms with E-state index in [4.69, 9.17) is 0 Å². The van der Waals surface area contributed by atoms with Gasteiger partial charge in [-0.25, -0.2) is 4.98 Å². The summed E-state index contributed by atoms with van der Waals surface area (Å²) in [4.78, 5) is 23.5. The lowest BCUT2D eigenvalue weighted by Crippen LogP contribution is -2.21. The van der Waals surface area contributed by atoms with Gasteiger partial charge in [0.2, 0.25) is 0 Å². The maximum absolute atomic E-state index is 12.5. The first kappa shape index (κ1) is 17.1. The fourth-order valence-corrected chi connectivity index (χ4v) is 3.17. The van der Waals surface area contributed by atoms with Gasteiger partial charge in [-0.1, -0.05) is 30.3 Å². The average molecular weight is 346 g/mol. The van der Waals surface area contributed by atoms with Crippen LogP contribution in [-0.4, -0.2) is 34.9 Å². The van der Waals surface area contributed by atoms with Gasteiger partial charge >= 0.3 is 0 Å². The van der Waals surface area contributed by atoms with Crippen molar-refractivity contribution < 1.29 is 4.79 Å². The van der Waals surface area contributed by atoms with Gasteiger partial charge in [0, 0.05) is 37.6 Å². The molecule has 0 saturated carbocycles. The first-order valence-corrected chi connectivity index (χ1v) is 7.67. The second-order valence-corrected chi connectivity index (χ2v) is 6.00. The summed E-state index contributed by atoms with van der Waals surface area (Å²) < 4.78 is 0. The van der Waals surface area contributed by atoms with E-state index in [1.807, 2.05) is 42.5 Å². The molecule has 3 rings (SSSR count). The van der Waals surface area contributed by atoms with E-state index < -0.39 is 0 Å². The summed E-state index contributed by atoms with van der Waals surface area (Å²) in [6.07, 6.45) is 3.48. The van der Waals surface area contributed by atoms with Gasteiger partial charge < -0.3 is 4.90 Å². The summed E-state index contributed by atoms with van der Waals surface area (Å²) in [6, 6.07) is 13.6. The monoisotopic (exact) mass is 345 g/mol. The Labute approximate surface area is 145 Å². The molecule has 118 valence electrons. The van der Waals surface area contributed by atoms with E-state index in [0.717, 1.165) is 21.8 Å². The second kappa shape index (κ2) is 7.35. The first-order valence-electron chi connectivity index (χ1n) is 6.85. The van der Waals surface area contributed by atoms with Crippen LogP contribution in [0.5, 0.6) is 0 Å². The largest absolute Gasteiger partial charge is 0.344 e. The molecule has 0 aliphatic carbocycles. The van der Waals surface area contributed by atoms with E-state index >= 15 is 0 Å². The molecule has 0 bridgehead atoms. The van der Waals surface area contributed by atoms with Crippen molar-refractivity contribution >= 4 is 29.7 Å². The van der Waals surface area contributed by atoms with Crippen LogP contribution in [0.3, 0.4) is 0 Å². The summed E-state index contributed by atoms with van der Waals surface area (Å²) in [5.41, 5.74) is 2.59. The molecular weight excluding hydrogens is 330 g/mol. The SMILES string of the molecule is CN(C)C(=O)c1sc(-c2cccnc2)nc1-c1ccccc1.Cl. The number of hydrogen-bond acceptors (Lipinski definition) is 4. The number of benzene rings is 1. The third-order valence-corrected chi connectivity index (χ3v) is 4.28. The summed E-state index contributed by atoms with van der Waals surface area (Å²) >= 11 is 1.40. The van der Waals surface area contributed by atoms with Crippen LogP contribution in [0.25, 0.3) is 21.8 Å². The van der Waals surface area contributed by atoms with Gasteiger partial charge in [0.1, 0.15) is 9.88 Å². The molecule has 0 spiro atoms. The summed E-state index contributed by atoms with van der Waals surface area (Å²) in [5.74, 6) is -0.0357. The second-order valence-electron chi connectivity index (χ2n) is 5.00. The zero-order valence-corrected chi connectivity index (χ0v) is 14.4. The van der Waals surface area contributed by atoms with Crippen molar-refractivity contribution in [2.75, 3.05) is 14.1 Å². The zero-order valence-electron chi connectivity index (χ0n) is 12.8. The van der Waals surface area contributed by atoms with Crippen LogP contribution in [0, 0.1) is 0 Å². The highest BCUT2D eigenvalue weighted by atomic mass is 35.5. The molecule has 1 aromatic carbocycles. The molecule has 0 saturated heterocycles. The zero-order chi connectivity index (χ0) is 15.5. The van der Waals surface area contributed by atoms with Crippen LogP contribution in [0.4, 0.5) is 0 Å². The molecule has 0 unspecified atom stereocenters. The van der Waals surface area contributed by atoms with Gasteiger partial charge in [-0.05, 0) is 12.1 Å². The van der Waals surface area contributed by atoms with Crippen LogP contribution < -0.4 is 0 Å². The molecule has 4 nitrogen and oxygen atoms in total. The van der Waals surface area contributed by atoms with Crippen LogP contribution in [0.15, 0.2) is 54.9 Å². The maximum Gasteiger partial charge on any atom is 0.265 e. The Bertz CT molecular complexity index is 788. The number of rotatable bonds is 3. The van der Waals surface area contributed by atoms with Gasteiger partial charge in [0.05, 0.1) is 5.69 Å². The number of thiazole rings is 1. The highest BCUT2D eigenvalue weighted by Crippen LogP contribution is 2.34. The van der Waals surface area contributed by atoms with E-state index in [2.05, 4.69) is 9.97 Å². The van der Waals surface area contributed by atoms with Crippen LogP contribution in [-0.2, 0) is 0 Å². The van der Waals surface area contributed by atoms with Crippen LogP contribution >= 0.6 is 23.7 Å². The van der Waals surface area contributed by atoms with E-state index in [9.17, 15) is 4.79 Å². The number of amides is 1. The van der Waals surface area contributed by atoms with Crippen molar-refractivity contribution in [3.63, 3.8) is 0 Å². The molecule has 2 heterocycles. The lowest BCUT2D eigenvalue weighted by Gasteiger charge is -2.09. The molecular formula is C17H16ClN3OS. The average Bonchev–Trinajstić information content (AvgIpc) is 3.01. The number of hydrogen-bond donors (Lipinski definition) is 0. The van der Waals surface area contributed by atoms with Crippen molar-refractivity contribution in [2.24, 2.45) is 0 Å². The summed E-state index contributed by atoms with van der Waals surface area (Å²) in [5, 5.41) is 0.803. The molecule has 2 aromatic heterocycles. The van der Waals surface area contributed by atoms with Gasteiger partial charge in [-0.2, -0.15) is 0 Å². The fourth-order valence-electron chi connectivity index (χ4n) is 2.07. The van der Waals surface area contributed by atoms with E-state index in [0.29, 0.717) is 4.88 Å². The molecule has 0 aliphatic rings. The molecule has 0 radical (unpaired) electrons. The first-order chi connectivity index (χ1) is 10.7. The molecule has 0 atom stereocenters. The summed E-state index contributed by atoms with van der Waals surface area (Å²) in [7, 11) is 3.50. The number of aromatic nitrogens is 2. The van der Waals surface area contributed by atoms with Gasteiger partial charge in [0.15, 0.2) is 0 Å². The molecule has 0 fully saturated rings. The van der Waals surface area contributed by atoms with E-state index in [-0.39, 0.29) is 18.3 Å². The predicted molar refractivity (Wildman–Crippen MR) is 96.0 cm³/mol. The van der Waals surface area contributed by atoms with E-state index in [1.54, 1.807) is 31.4 Å². The normalized spacial score (nSPS) is 10.0. The Morgan fingerprint density at radius 3 is 2.35 bits per heavy atom. The Morgan fingerprint density at radius 1 is 1.04 bits per heavy atom. The minimum absolute atomic E-state index is 0. The predicted octanol–water partition coefficient (Wildman–Crippen LogP) is 4.00. The van der Waals surface area contributed by atoms with Gasteiger partial charge in [-0.3, -0.25) is 9.78 Å². The number of carbonyl (C=O) groups excluding carboxylic acids is 1. The third-order valence-electron chi connectivity index (χ3n) is 3.18. The minimum Gasteiger partial charge on any atom is -0.344 e. The number of halogens is 1. The van der Waals surface area contributed by atoms with Crippen molar-refractivity contribution in [1.29, 1.82) is 0 Å². The number of nitrogens with zero attached hydrogens (tertiary/aromatic N) is 3. The standard InChI is InChI=1S/C17H15N3OS.ClH/c1-20(2)17(21)15-14(12-7-4-3-5-8-12)19-16(22-15)13-9-6-10-18-11-13;/h3-11H,1-2H3;1H. The Balaban J connectivity index is 0.00000192. The molecule has 23 heavy (non-hydrogen) atoms. The lowest BCUT2D eigenvalue weighted by atomic mass is 10.1. The van der Waals surface area contributed by atoms with Crippen LogP contribution in [0.1, 0.15) is 9.67 Å². The molecule has 6 heteroatoms. The summed E-state index contributed by atoms with van der Waals surface area (Å²) in [6.45, 7) is 0. The maximum atomic E-state index is 12.5. The minimum atomic E-state index is -0.0357. The van der Waals surface area contributed by atoms with Gasteiger partial charge in [0.25, 0.3) is 5.91 Å². The van der Waals surface area contributed by atoms with Gasteiger partial charge in [-0.15, -0.1) is 23.7 Å².